The summed E-state index contributed by atoms with van der Waals surface area (Å²) in [7, 11) is 10.4. The molecule has 1 atom stereocenters. The van der Waals surface area contributed by atoms with Gasteiger partial charge in [0, 0.05) is 59.3 Å². The summed E-state index contributed by atoms with van der Waals surface area (Å²) in [6, 6.07) is 21.1. The summed E-state index contributed by atoms with van der Waals surface area (Å²) in [5.41, 5.74) is 12.4. The van der Waals surface area contributed by atoms with E-state index in [0.29, 0.717) is 5.92 Å². The molecule has 0 aromatic heterocycles. The Morgan fingerprint density at radius 1 is 0.500 bits per heavy atom. The van der Waals surface area contributed by atoms with Gasteiger partial charge in [-0.2, -0.15) is 0 Å². The van der Waals surface area contributed by atoms with Crippen LogP contribution < -0.4 is 30.3 Å². The number of rotatable bonds is 7. The topological polar surface area (TPSA) is 9.72 Å². The van der Waals surface area contributed by atoms with E-state index in [0.717, 1.165) is 0 Å². The van der Waals surface area contributed by atoms with E-state index in [1.807, 2.05) is 0 Å². The zero-order valence-corrected chi connectivity index (χ0v) is 28.1. The summed E-state index contributed by atoms with van der Waals surface area (Å²) in [4.78, 5) is 7.06. The van der Waals surface area contributed by atoms with Gasteiger partial charge in [-0.15, -0.1) is 0 Å². The lowest BCUT2D eigenvalue weighted by Gasteiger charge is -2.44. The monoisotopic (exact) mass is 551 g/mol. The number of hydrogen-bond donors (Lipinski definition) is 0. The van der Waals surface area contributed by atoms with Gasteiger partial charge in [0.05, 0.1) is 0 Å². The Balaban J connectivity index is 2.44. The van der Waals surface area contributed by atoms with Crippen molar-refractivity contribution in [2.24, 2.45) is 5.92 Å². The Labute approximate surface area is 244 Å². The molecule has 3 nitrogen and oxygen atoms in total. The van der Waals surface area contributed by atoms with Crippen molar-refractivity contribution < 1.29 is 0 Å². The van der Waals surface area contributed by atoms with E-state index in [-0.39, 0.29) is 0 Å². The van der Waals surface area contributed by atoms with E-state index in [4.69, 9.17) is 0 Å². The number of allylic oxidation sites excluding steroid dienone is 4. The van der Waals surface area contributed by atoms with Crippen molar-refractivity contribution in [3.8, 4) is 0 Å². The van der Waals surface area contributed by atoms with E-state index in [9.17, 15) is 0 Å². The molecule has 0 bridgehead atoms. The number of benzene rings is 3. The quantitative estimate of drug-likeness (QED) is 0.259. The molecule has 0 heterocycles. The molecule has 0 N–H and O–H groups in total. The number of nitrogens with zero attached hydrogens (tertiary/aromatic N) is 3. The average molecular weight is 552 g/mol. The number of para-hydroxylation sites is 3. The summed E-state index contributed by atoms with van der Waals surface area (Å²) in [6.45, 7) is 16.4. The van der Waals surface area contributed by atoms with Gasteiger partial charge < -0.3 is 14.7 Å². The molecule has 4 rings (SSSR count). The first-order valence-corrected chi connectivity index (χ1v) is 16.5. The highest BCUT2D eigenvalue weighted by molar-refractivity contribution is 7.18. The van der Waals surface area contributed by atoms with E-state index in [1.54, 1.807) is 5.20 Å². The van der Waals surface area contributed by atoms with Gasteiger partial charge in [0.25, 0.3) is 0 Å². The van der Waals surface area contributed by atoms with Crippen LogP contribution in [0.5, 0.6) is 0 Å². The van der Waals surface area contributed by atoms with Gasteiger partial charge in [-0.25, -0.2) is 0 Å². The van der Waals surface area contributed by atoms with Crippen molar-refractivity contribution in [3.63, 3.8) is 0 Å². The second kappa shape index (κ2) is 11.0. The van der Waals surface area contributed by atoms with Crippen molar-refractivity contribution >= 4 is 40.7 Å². The van der Waals surface area contributed by atoms with Crippen LogP contribution in [-0.2, 0) is 0 Å². The van der Waals surface area contributed by atoms with Gasteiger partial charge in [0.1, 0.15) is 0 Å². The van der Waals surface area contributed by atoms with Crippen LogP contribution in [0, 0.1) is 26.7 Å². The zero-order chi connectivity index (χ0) is 29.7. The molecule has 0 amide bonds. The van der Waals surface area contributed by atoms with Gasteiger partial charge in [-0.3, -0.25) is 0 Å². The second-order valence-electron chi connectivity index (χ2n) is 12.4. The molecule has 0 saturated carbocycles. The van der Waals surface area contributed by atoms with Crippen molar-refractivity contribution in [1.29, 1.82) is 0 Å². The van der Waals surface area contributed by atoms with Crippen LogP contribution in [0.15, 0.2) is 76.5 Å². The van der Waals surface area contributed by atoms with Gasteiger partial charge in [0.15, 0.2) is 8.07 Å². The molecular weight excluding hydrogens is 503 g/mol. The third kappa shape index (κ3) is 4.41. The number of anilines is 3. The third-order valence-electron chi connectivity index (χ3n) is 9.31. The van der Waals surface area contributed by atoms with E-state index in [2.05, 4.69) is 160 Å². The van der Waals surface area contributed by atoms with Crippen molar-refractivity contribution in [2.45, 2.75) is 48.5 Å². The standard InChI is InChI=1S/C36H49N3Si/c1-23-17-14-20-30(33(23)37(8)9)40(36-28(6)26(4)27(5)29(36)7,31-21-15-18-24(2)34(31)38(10)11)32-22-16-19-25(3)35(32)39(12)13/h14-22,28H,1-13H3. The summed E-state index contributed by atoms with van der Waals surface area (Å²) in [5, 5.41) is 6.05. The molecule has 0 aliphatic heterocycles. The Kier molecular flexibility index (Phi) is 8.15. The van der Waals surface area contributed by atoms with Crippen LogP contribution in [0.25, 0.3) is 0 Å². The first kappa shape index (κ1) is 29.7. The maximum atomic E-state index is 2.45. The molecular formula is C36H49N3Si. The van der Waals surface area contributed by atoms with Crippen molar-refractivity contribution in [1.82, 2.24) is 0 Å². The van der Waals surface area contributed by atoms with Crippen LogP contribution >= 0.6 is 0 Å². The summed E-state index contributed by atoms with van der Waals surface area (Å²) in [6.07, 6.45) is 0. The molecule has 212 valence electrons. The Morgan fingerprint density at radius 2 is 0.825 bits per heavy atom. The first-order valence-electron chi connectivity index (χ1n) is 14.5. The van der Waals surface area contributed by atoms with Gasteiger partial charge in [-0.05, 0) is 85.3 Å². The highest BCUT2D eigenvalue weighted by atomic mass is 28.3. The van der Waals surface area contributed by atoms with Crippen LogP contribution in [0.4, 0.5) is 17.1 Å². The van der Waals surface area contributed by atoms with Gasteiger partial charge >= 0.3 is 0 Å². The van der Waals surface area contributed by atoms with Gasteiger partial charge in [0.2, 0.25) is 0 Å². The van der Waals surface area contributed by atoms with Crippen molar-refractivity contribution in [2.75, 3.05) is 57.0 Å². The normalized spacial score (nSPS) is 15.7. The number of hydrogen-bond acceptors (Lipinski definition) is 3. The lowest BCUT2D eigenvalue weighted by Crippen LogP contribution is -2.71. The van der Waals surface area contributed by atoms with Crippen LogP contribution in [0.1, 0.15) is 44.4 Å². The maximum Gasteiger partial charge on any atom is 0.183 e. The van der Waals surface area contributed by atoms with E-state index >= 15 is 0 Å². The summed E-state index contributed by atoms with van der Waals surface area (Å²) >= 11 is 0. The van der Waals surface area contributed by atoms with Crippen LogP contribution in [0.3, 0.4) is 0 Å². The molecule has 0 radical (unpaired) electrons. The van der Waals surface area contributed by atoms with E-state index in [1.165, 1.54) is 66.0 Å². The highest BCUT2D eigenvalue weighted by Gasteiger charge is 2.52. The minimum Gasteiger partial charge on any atom is -0.378 e. The molecule has 0 fully saturated rings. The molecule has 3 aromatic rings. The van der Waals surface area contributed by atoms with Crippen LogP contribution in [0.2, 0.25) is 0 Å². The Bertz CT molecular complexity index is 1370. The third-order valence-corrected chi connectivity index (χ3v) is 14.6. The average Bonchev–Trinajstić information content (AvgIpc) is 3.07. The van der Waals surface area contributed by atoms with Crippen LogP contribution in [-0.4, -0.2) is 50.4 Å². The lowest BCUT2D eigenvalue weighted by atomic mass is 10.1. The molecule has 1 aliphatic carbocycles. The minimum absolute atomic E-state index is 0.355. The molecule has 1 unspecified atom stereocenters. The molecule has 3 aromatic carbocycles. The maximum absolute atomic E-state index is 2.90. The Hall–Kier alpha value is -3.24. The fourth-order valence-electron chi connectivity index (χ4n) is 7.51. The first-order chi connectivity index (χ1) is 18.8. The summed E-state index contributed by atoms with van der Waals surface area (Å²) in [5.74, 6) is 0.355. The fraction of sp³-hybridized carbons (Fsp3) is 0.389. The molecule has 0 saturated heterocycles. The second-order valence-corrected chi connectivity index (χ2v) is 16.1. The number of aryl methyl sites for hydroxylation is 3. The predicted octanol–water partition coefficient (Wildman–Crippen LogP) is 6.12. The predicted molar refractivity (Wildman–Crippen MR) is 181 cm³/mol. The SMILES string of the molecule is CC1=C(C)C(C)C([Si](c2cccc(C)c2N(C)C)(c2cccc(C)c2N(C)C)c2cccc(C)c2N(C)C)=C1C. The zero-order valence-electron chi connectivity index (χ0n) is 27.1. The highest BCUT2D eigenvalue weighted by Crippen LogP contribution is 2.44. The lowest BCUT2D eigenvalue weighted by molar-refractivity contribution is 0.851. The largest absolute Gasteiger partial charge is 0.378 e. The minimum atomic E-state index is -2.90. The van der Waals surface area contributed by atoms with Crippen molar-refractivity contribution in [3.05, 3.63) is 93.2 Å². The smallest absolute Gasteiger partial charge is 0.183 e. The molecule has 40 heavy (non-hydrogen) atoms. The van der Waals surface area contributed by atoms with E-state index < -0.39 is 8.07 Å². The molecule has 4 heteroatoms. The van der Waals surface area contributed by atoms with Gasteiger partial charge in [-0.1, -0.05) is 77.9 Å². The summed E-state index contributed by atoms with van der Waals surface area (Å²) < 4.78 is 0. The molecule has 1 aliphatic rings. The Morgan fingerprint density at radius 3 is 1.07 bits per heavy atom. The fourth-order valence-corrected chi connectivity index (χ4v) is 14.2. The molecule has 0 spiro atoms.